The first kappa shape index (κ1) is 14.2. The number of aryl methyl sites for hydroxylation is 1. The standard InChI is InChI=1S/C17H20N2O2S/c1-12-2-3-17-14(4-12)5-13(6-18-17)7-19-8-15-10-22(20,21)11-16(15)9-19/h2-6,15-16H,7-11H2,1H3/t15-,16+. The third kappa shape index (κ3) is 2.63. The zero-order valence-corrected chi connectivity index (χ0v) is 13.5. The van der Waals surface area contributed by atoms with Gasteiger partial charge in [0.1, 0.15) is 0 Å². The van der Waals surface area contributed by atoms with Gasteiger partial charge in [-0.1, -0.05) is 11.6 Å². The zero-order valence-electron chi connectivity index (χ0n) is 12.7. The second-order valence-corrected chi connectivity index (χ2v) is 8.98. The predicted molar refractivity (Wildman–Crippen MR) is 87.4 cm³/mol. The molecule has 2 aromatic rings. The largest absolute Gasteiger partial charge is 0.298 e. The SMILES string of the molecule is Cc1ccc2ncc(CN3C[C@@H]4CS(=O)(=O)C[C@@H]4C3)cc2c1. The average Bonchev–Trinajstić information content (AvgIpc) is 2.90. The molecule has 0 spiro atoms. The topological polar surface area (TPSA) is 50.3 Å². The summed E-state index contributed by atoms with van der Waals surface area (Å²) in [6.45, 7) is 4.75. The van der Waals surface area contributed by atoms with Crippen LogP contribution >= 0.6 is 0 Å². The zero-order chi connectivity index (χ0) is 15.3. The van der Waals surface area contributed by atoms with Crippen molar-refractivity contribution in [1.29, 1.82) is 0 Å². The van der Waals surface area contributed by atoms with Crippen LogP contribution in [0.1, 0.15) is 11.1 Å². The summed E-state index contributed by atoms with van der Waals surface area (Å²) in [5.41, 5.74) is 3.48. The van der Waals surface area contributed by atoms with Crippen LogP contribution in [0.2, 0.25) is 0 Å². The summed E-state index contributed by atoms with van der Waals surface area (Å²) in [7, 11) is -2.77. The number of pyridine rings is 1. The molecule has 1 aromatic heterocycles. The predicted octanol–water partition coefficient (Wildman–Crippen LogP) is 2.02. The number of aromatic nitrogens is 1. The first-order valence-corrected chi connectivity index (χ1v) is 9.59. The van der Waals surface area contributed by atoms with Crippen LogP contribution in [0.5, 0.6) is 0 Å². The quantitative estimate of drug-likeness (QED) is 0.850. The van der Waals surface area contributed by atoms with Gasteiger partial charge in [-0.25, -0.2) is 8.42 Å². The van der Waals surface area contributed by atoms with Gasteiger partial charge in [-0.05, 0) is 42.5 Å². The molecule has 4 nitrogen and oxygen atoms in total. The molecule has 2 aliphatic rings. The van der Waals surface area contributed by atoms with Crippen molar-refractivity contribution < 1.29 is 8.42 Å². The highest BCUT2D eigenvalue weighted by Gasteiger charge is 2.43. The van der Waals surface area contributed by atoms with Gasteiger partial charge in [0.15, 0.2) is 9.84 Å². The molecule has 22 heavy (non-hydrogen) atoms. The number of sulfone groups is 1. The molecule has 4 rings (SSSR count). The molecule has 3 heterocycles. The van der Waals surface area contributed by atoms with Crippen molar-refractivity contribution in [2.45, 2.75) is 13.5 Å². The van der Waals surface area contributed by atoms with Gasteiger partial charge in [-0.15, -0.1) is 0 Å². The second-order valence-electron chi connectivity index (χ2n) is 6.83. The van der Waals surface area contributed by atoms with E-state index in [-0.39, 0.29) is 0 Å². The number of likely N-dealkylation sites (tertiary alicyclic amines) is 1. The summed E-state index contributed by atoms with van der Waals surface area (Å²) in [6, 6.07) is 8.51. The fourth-order valence-corrected chi connectivity index (χ4v) is 6.10. The maximum atomic E-state index is 11.7. The van der Waals surface area contributed by atoms with E-state index in [0.29, 0.717) is 23.3 Å². The van der Waals surface area contributed by atoms with Crippen molar-refractivity contribution in [3.8, 4) is 0 Å². The Kier molecular flexibility index (Phi) is 3.24. The van der Waals surface area contributed by atoms with E-state index in [1.165, 1.54) is 16.5 Å². The van der Waals surface area contributed by atoms with Crippen molar-refractivity contribution in [3.63, 3.8) is 0 Å². The number of benzene rings is 1. The Morgan fingerprint density at radius 2 is 1.91 bits per heavy atom. The molecule has 2 fully saturated rings. The lowest BCUT2D eigenvalue weighted by molar-refractivity contribution is 0.315. The lowest BCUT2D eigenvalue weighted by Crippen LogP contribution is -2.24. The van der Waals surface area contributed by atoms with E-state index >= 15 is 0 Å². The smallest absolute Gasteiger partial charge is 0.150 e. The highest BCUT2D eigenvalue weighted by atomic mass is 32.2. The highest BCUT2D eigenvalue weighted by molar-refractivity contribution is 7.91. The molecule has 0 bridgehead atoms. The summed E-state index contributed by atoms with van der Waals surface area (Å²) < 4.78 is 23.3. The maximum absolute atomic E-state index is 11.7. The monoisotopic (exact) mass is 316 g/mol. The van der Waals surface area contributed by atoms with Crippen molar-refractivity contribution in [3.05, 3.63) is 41.6 Å². The van der Waals surface area contributed by atoms with E-state index in [4.69, 9.17) is 0 Å². The van der Waals surface area contributed by atoms with E-state index in [1.807, 2.05) is 6.20 Å². The van der Waals surface area contributed by atoms with Crippen LogP contribution in [0.15, 0.2) is 30.5 Å². The van der Waals surface area contributed by atoms with Crippen LogP contribution < -0.4 is 0 Å². The summed E-state index contributed by atoms with van der Waals surface area (Å²) >= 11 is 0. The Balaban J connectivity index is 1.51. The minimum Gasteiger partial charge on any atom is -0.298 e. The van der Waals surface area contributed by atoms with Crippen molar-refractivity contribution in [1.82, 2.24) is 9.88 Å². The second kappa shape index (κ2) is 5.03. The highest BCUT2D eigenvalue weighted by Crippen LogP contribution is 2.33. The maximum Gasteiger partial charge on any atom is 0.150 e. The van der Waals surface area contributed by atoms with Gasteiger partial charge in [0.05, 0.1) is 17.0 Å². The molecule has 0 amide bonds. The van der Waals surface area contributed by atoms with Gasteiger partial charge in [0.25, 0.3) is 0 Å². The van der Waals surface area contributed by atoms with Gasteiger partial charge in [0.2, 0.25) is 0 Å². The Morgan fingerprint density at radius 3 is 2.64 bits per heavy atom. The van der Waals surface area contributed by atoms with E-state index in [9.17, 15) is 8.42 Å². The minimum absolute atomic E-state index is 0.334. The Hall–Kier alpha value is -1.46. The van der Waals surface area contributed by atoms with E-state index in [2.05, 4.69) is 41.1 Å². The van der Waals surface area contributed by atoms with Gasteiger partial charge in [0, 0.05) is 31.2 Å². The van der Waals surface area contributed by atoms with Crippen LogP contribution in [0, 0.1) is 18.8 Å². The Morgan fingerprint density at radius 1 is 1.18 bits per heavy atom. The average molecular weight is 316 g/mol. The molecule has 0 radical (unpaired) electrons. The van der Waals surface area contributed by atoms with Gasteiger partial charge in [-0.2, -0.15) is 0 Å². The number of fused-ring (bicyclic) bond motifs is 2. The fraction of sp³-hybridized carbons (Fsp3) is 0.471. The Bertz CT molecular complexity index is 812. The van der Waals surface area contributed by atoms with E-state index < -0.39 is 9.84 Å². The first-order chi connectivity index (χ1) is 10.5. The van der Waals surface area contributed by atoms with Crippen molar-refractivity contribution in [2.75, 3.05) is 24.6 Å². The van der Waals surface area contributed by atoms with Gasteiger partial charge >= 0.3 is 0 Å². The van der Waals surface area contributed by atoms with Crippen molar-refractivity contribution >= 4 is 20.7 Å². The molecular formula is C17H20N2O2S. The Labute approximate surface area is 131 Å². The van der Waals surface area contributed by atoms with E-state index in [0.717, 1.165) is 25.2 Å². The van der Waals surface area contributed by atoms with E-state index in [1.54, 1.807) is 0 Å². The lowest BCUT2D eigenvalue weighted by atomic mass is 10.0. The molecule has 0 saturated carbocycles. The molecule has 2 aliphatic heterocycles. The van der Waals surface area contributed by atoms with Gasteiger partial charge < -0.3 is 0 Å². The third-order valence-electron chi connectivity index (χ3n) is 4.89. The lowest BCUT2D eigenvalue weighted by Gasteiger charge is -2.17. The molecule has 116 valence electrons. The number of hydrogen-bond acceptors (Lipinski definition) is 4. The van der Waals surface area contributed by atoms with Gasteiger partial charge in [-0.3, -0.25) is 9.88 Å². The number of rotatable bonds is 2. The molecule has 2 saturated heterocycles. The normalized spacial score (nSPS) is 27.3. The van der Waals surface area contributed by atoms with Crippen LogP contribution in [-0.4, -0.2) is 42.9 Å². The molecule has 0 N–H and O–H groups in total. The summed E-state index contributed by atoms with van der Waals surface area (Å²) in [5, 5.41) is 1.18. The third-order valence-corrected chi connectivity index (χ3v) is 6.76. The summed E-state index contributed by atoms with van der Waals surface area (Å²) in [5.74, 6) is 1.42. The first-order valence-electron chi connectivity index (χ1n) is 7.77. The van der Waals surface area contributed by atoms with Crippen molar-refractivity contribution in [2.24, 2.45) is 11.8 Å². The molecular weight excluding hydrogens is 296 g/mol. The fourth-order valence-electron chi connectivity index (χ4n) is 3.90. The molecule has 0 aliphatic carbocycles. The molecule has 0 unspecified atom stereocenters. The summed E-state index contributed by atoms with van der Waals surface area (Å²) in [6.07, 6.45) is 1.95. The molecule has 2 atom stereocenters. The van der Waals surface area contributed by atoms with Crippen LogP contribution in [0.4, 0.5) is 0 Å². The molecule has 1 aromatic carbocycles. The van der Waals surface area contributed by atoms with Crippen LogP contribution in [-0.2, 0) is 16.4 Å². The van der Waals surface area contributed by atoms with Crippen LogP contribution in [0.3, 0.4) is 0 Å². The summed E-state index contributed by atoms with van der Waals surface area (Å²) in [4.78, 5) is 6.91. The minimum atomic E-state index is -2.77. The number of hydrogen-bond donors (Lipinski definition) is 0. The number of nitrogens with zero attached hydrogens (tertiary/aromatic N) is 2. The van der Waals surface area contributed by atoms with Crippen LogP contribution in [0.25, 0.3) is 10.9 Å². The molecule has 5 heteroatoms.